The maximum Gasteiger partial charge on any atom is 0.191 e. The Morgan fingerprint density at radius 1 is 1.11 bits per heavy atom. The molecule has 1 fully saturated rings. The van der Waals surface area contributed by atoms with Crippen molar-refractivity contribution in [3.8, 4) is 5.75 Å². The standard InChI is InChI=1S/C15H21F2NO/c1-18-10-11-8-13(16)15(14(17)9-11)19-12-6-4-2-3-5-7-12/h8-9,12,18H,2-7,10H2,1H3. The van der Waals surface area contributed by atoms with Crippen molar-refractivity contribution < 1.29 is 13.5 Å². The van der Waals surface area contributed by atoms with E-state index in [4.69, 9.17) is 4.74 Å². The predicted molar refractivity (Wildman–Crippen MR) is 71.2 cm³/mol. The summed E-state index contributed by atoms with van der Waals surface area (Å²) in [5.74, 6) is -1.42. The highest BCUT2D eigenvalue weighted by molar-refractivity contribution is 5.31. The Morgan fingerprint density at radius 3 is 2.21 bits per heavy atom. The highest BCUT2D eigenvalue weighted by atomic mass is 19.1. The molecule has 0 atom stereocenters. The minimum absolute atomic E-state index is 0.0540. The van der Waals surface area contributed by atoms with E-state index in [1.807, 2.05) is 0 Å². The average Bonchev–Trinajstić information content (AvgIpc) is 2.63. The lowest BCUT2D eigenvalue weighted by molar-refractivity contribution is 0.167. The number of hydrogen-bond donors (Lipinski definition) is 1. The minimum atomic E-state index is -0.602. The second-order valence-corrected chi connectivity index (χ2v) is 5.15. The van der Waals surface area contributed by atoms with Crippen LogP contribution in [0.5, 0.6) is 5.75 Å². The van der Waals surface area contributed by atoms with Crippen molar-refractivity contribution in [2.24, 2.45) is 0 Å². The van der Waals surface area contributed by atoms with Crippen LogP contribution in [-0.4, -0.2) is 13.2 Å². The highest BCUT2D eigenvalue weighted by Crippen LogP contribution is 2.28. The van der Waals surface area contributed by atoms with Gasteiger partial charge in [0.2, 0.25) is 0 Å². The molecule has 2 rings (SSSR count). The van der Waals surface area contributed by atoms with Gasteiger partial charge in [-0.25, -0.2) is 8.78 Å². The fourth-order valence-electron chi connectivity index (χ4n) is 2.56. The molecule has 0 amide bonds. The van der Waals surface area contributed by atoms with Crippen LogP contribution >= 0.6 is 0 Å². The summed E-state index contributed by atoms with van der Waals surface area (Å²) >= 11 is 0. The Bertz CT molecular complexity index is 392. The monoisotopic (exact) mass is 269 g/mol. The summed E-state index contributed by atoms with van der Waals surface area (Å²) in [5.41, 5.74) is 0.589. The number of nitrogens with one attached hydrogen (secondary N) is 1. The summed E-state index contributed by atoms with van der Waals surface area (Å²) < 4.78 is 33.4. The molecule has 0 aliphatic heterocycles. The zero-order valence-corrected chi connectivity index (χ0v) is 11.3. The predicted octanol–water partition coefficient (Wildman–Crippen LogP) is 3.79. The van der Waals surface area contributed by atoms with E-state index in [-0.39, 0.29) is 11.9 Å². The van der Waals surface area contributed by atoms with Gasteiger partial charge in [0.25, 0.3) is 0 Å². The third-order valence-electron chi connectivity index (χ3n) is 3.53. The molecular weight excluding hydrogens is 248 g/mol. The molecule has 0 bridgehead atoms. The molecule has 4 heteroatoms. The smallest absolute Gasteiger partial charge is 0.191 e. The van der Waals surface area contributed by atoms with Crippen molar-refractivity contribution in [3.05, 3.63) is 29.3 Å². The summed E-state index contributed by atoms with van der Waals surface area (Å²) in [7, 11) is 1.74. The van der Waals surface area contributed by atoms with E-state index in [0.717, 1.165) is 25.7 Å². The molecule has 106 valence electrons. The van der Waals surface area contributed by atoms with Crippen LogP contribution < -0.4 is 10.1 Å². The van der Waals surface area contributed by atoms with Crippen LogP contribution in [0.15, 0.2) is 12.1 Å². The van der Waals surface area contributed by atoms with Crippen LogP contribution in [0.2, 0.25) is 0 Å². The van der Waals surface area contributed by atoms with Crippen molar-refractivity contribution in [1.82, 2.24) is 5.32 Å². The van der Waals surface area contributed by atoms with Gasteiger partial charge in [-0.05, 0) is 50.4 Å². The number of ether oxygens (including phenoxy) is 1. The molecule has 1 aliphatic carbocycles. The summed E-state index contributed by atoms with van der Waals surface area (Å²) in [6, 6.07) is 2.68. The van der Waals surface area contributed by atoms with Gasteiger partial charge in [-0.2, -0.15) is 0 Å². The van der Waals surface area contributed by atoms with E-state index in [0.29, 0.717) is 12.1 Å². The quantitative estimate of drug-likeness (QED) is 0.840. The minimum Gasteiger partial charge on any atom is -0.484 e. The Morgan fingerprint density at radius 2 is 1.68 bits per heavy atom. The molecule has 2 nitrogen and oxygen atoms in total. The first kappa shape index (κ1) is 14.3. The maximum atomic E-state index is 13.9. The molecule has 1 aromatic rings. The largest absolute Gasteiger partial charge is 0.484 e. The lowest BCUT2D eigenvalue weighted by Crippen LogP contribution is -2.17. The molecule has 19 heavy (non-hydrogen) atoms. The number of halogens is 2. The zero-order chi connectivity index (χ0) is 13.7. The zero-order valence-electron chi connectivity index (χ0n) is 11.3. The highest BCUT2D eigenvalue weighted by Gasteiger charge is 2.19. The van der Waals surface area contributed by atoms with Crippen LogP contribution in [0, 0.1) is 11.6 Å². The van der Waals surface area contributed by atoms with Gasteiger partial charge in [0.1, 0.15) is 0 Å². The summed E-state index contributed by atoms with van der Waals surface area (Å²) in [5, 5.41) is 2.87. The van der Waals surface area contributed by atoms with E-state index >= 15 is 0 Å². The molecule has 1 aliphatic rings. The fourth-order valence-corrected chi connectivity index (χ4v) is 2.56. The topological polar surface area (TPSA) is 21.3 Å². The van der Waals surface area contributed by atoms with Gasteiger partial charge in [-0.15, -0.1) is 0 Å². The van der Waals surface area contributed by atoms with Gasteiger partial charge in [-0.3, -0.25) is 0 Å². The van der Waals surface area contributed by atoms with Crippen molar-refractivity contribution in [3.63, 3.8) is 0 Å². The first-order valence-electron chi connectivity index (χ1n) is 7.00. The molecule has 1 saturated carbocycles. The van der Waals surface area contributed by atoms with Crippen LogP contribution in [0.25, 0.3) is 0 Å². The van der Waals surface area contributed by atoms with Gasteiger partial charge in [0.05, 0.1) is 6.10 Å². The Kier molecular flexibility index (Phi) is 5.14. The average molecular weight is 269 g/mol. The molecule has 1 N–H and O–H groups in total. The lowest BCUT2D eigenvalue weighted by Gasteiger charge is -2.18. The van der Waals surface area contributed by atoms with Crippen LogP contribution in [0.4, 0.5) is 8.78 Å². The first-order chi connectivity index (χ1) is 9.20. The molecule has 0 saturated heterocycles. The third kappa shape index (κ3) is 3.90. The van der Waals surface area contributed by atoms with Crippen molar-refractivity contribution in [2.75, 3.05) is 7.05 Å². The van der Waals surface area contributed by atoms with Crippen molar-refractivity contribution >= 4 is 0 Å². The molecule has 1 aromatic carbocycles. The first-order valence-corrected chi connectivity index (χ1v) is 7.00. The number of rotatable bonds is 4. The van der Waals surface area contributed by atoms with Crippen molar-refractivity contribution in [2.45, 2.75) is 51.2 Å². The Hall–Kier alpha value is -1.16. The Balaban J connectivity index is 2.10. The van der Waals surface area contributed by atoms with Crippen LogP contribution in [-0.2, 0) is 6.54 Å². The summed E-state index contributed by atoms with van der Waals surface area (Å²) in [6.07, 6.45) is 6.24. The fraction of sp³-hybridized carbons (Fsp3) is 0.600. The van der Waals surface area contributed by atoms with E-state index < -0.39 is 11.6 Å². The molecule has 0 radical (unpaired) electrons. The molecule has 0 heterocycles. The second-order valence-electron chi connectivity index (χ2n) is 5.15. The van der Waals surface area contributed by atoms with Gasteiger partial charge < -0.3 is 10.1 Å². The molecular formula is C15H21F2NO. The molecule has 0 aromatic heterocycles. The third-order valence-corrected chi connectivity index (χ3v) is 3.53. The van der Waals surface area contributed by atoms with E-state index in [2.05, 4.69) is 5.32 Å². The van der Waals surface area contributed by atoms with Gasteiger partial charge >= 0.3 is 0 Å². The van der Waals surface area contributed by atoms with Crippen molar-refractivity contribution in [1.29, 1.82) is 0 Å². The maximum absolute atomic E-state index is 13.9. The van der Waals surface area contributed by atoms with Gasteiger partial charge in [0.15, 0.2) is 17.4 Å². The van der Waals surface area contributed by atoms with E-state index in [9.17, 15) is 8.78 Å². The van der Waals surface area contributed by atoms with Crippen LogP contribution in [0.1, 0.15) is 44.1 Å². The number of benzene rings is 1. The van der Waals surface area contributed by atoms with Gasteiger partial charge in [-0.1, -0.05) is 12.8 Å². The molecule has 0 unspecified atom stereocenters. The van der Waals surface area contributed by atoms with Crippen LogP contribution in [0.3, 0.4) is 0 Å². The Labute approximate surface area is 113 Å². The van der Waals surface area contributed by atoms with E-state index in [1.54, 1.807) is 7.05 Å². The van der Waals surface area contributed by atoms with Gasteiger partial charge in [0, 0.05) is 6.54 Å². The second kappa shape index (κ2) is 6.85. The number of hydrogen-bond acceptors (Lipinski definition) is 2. The SMILES string of the molecule is CNCc1cc(F)c(OC2CCCCCC2)c(F)c1. The summed E-state index contributed by atoms with van der Waals surface area (Å²) in [6.45, 7) is 0.442. The molecule has 0 spiro atoms. The normalized spacial score (nSPS) is 17.2. The lowest BCUT2D eigenvalue weighted by atomic mass is 10.1. The van der Waals surface area contributed by atoms with E-state index in [1.165, 1.54) is 25.0 Å². The summed E-state index contributed by atoms with van der Waals surface area (Å²) in [4.78, 5) is 0.